The number of thioether (sulfide) groups is 1. The van der Waals surface area contributed by atoms with Crippen LogP contribution in [0.4, 0.5) is 5.69 Å². The first-order valence-electron chi connectivity index (χ1n) is 11.4. The fraction of sp³-hybridized carbons (Fsp3) is 0.417. The molecular formula is C24H30N4O8S2. The number of hydrogen-bond donors (Lipinski definition) is 3. The lowest BCUT2D eigenvalue weighted by Gasteiger charge is -2.49. The second-order valence-corrected chi connectivity index (χ2v) is 12.5. The number of benzene rings is 1. The molecule has 3 rings (SSSR count). The average molecular weight is 567 g/mol. The number of sulfonamides is 1. The van der Waals surface area contributed by atoms with E-state index in [0.717, 1.165) is 6.26 Å². The first-order chi connectivity index (χ1) is 17.6. The Kier molecular flexibility index (Phi) is 8.58. The second kappa shape index (κ2) is 11.2. The zero-order valence-electron chi connectivity index (χ0n) is 21.3. The zero-order chi connectivity index (χ0) is 28.4. The van der Waals surface area contributed by atoms with E-state index in [1.165, 1.54) is 34.9 Å². The first-order valence-corrected chi connectivity index (χ1v) is 14.4. The topological polar surface area (TPSA) is 174 Å². The van der Waals surface area contributed by atoms with Gasteiger partial charge in [-0.25, -0.2) is 13.2 Å². The standard InChI is InChI=1S/C24H30N4O8S2/c1-6-13-11-37-21-17(20(30)28(21)18(13)22(31)35-12-36-23(32)24(2,3)4)26-19(29)16(25)14-8-7-9-15(10-14)27-38(5,33)34/h6-10,16-17,21,27H,1,11-12,25H2,2-5H3,(H,26,29)/t16-,17?,21+/m1/s1. The summed E-state index contributed by atoms with van der Waals surface area (Å²) in [5.74, 6) is -2.30. The predicted molar refractivity (Wildman–Crippen MR) is 141 cm³/mol. The Morgan fingerprint density at radius 3 is 2.58 bits per heavy atom. The molecule has 38 heavy (non-hydrogen) atoms. The molecule has 0 radical (unpaired) electrons. The van der Waals surface area contributed by atoms with E-state index >= 15 is 0 Å². The molecule has 2 aliphatic heterocycles. The summed E-state index contributed by atoms with van der Waals surface area (Å²) in [5.41, 5.74) is 6.30. The SMILES string of the molecule is C=CC1=C(C(=O)OCOC(=O)C(C)(C)C)N2C(=O)C(NC(=O)[C@H](N)c3cccc(NS(C)(=O)=O)c3)[C@@H]2SC1. The van der Waals surface area contributed by atoms with Crippen LogP contribution in [0.25, 0.3) is 0 Å². The van der Waals surface area contributed by atoms with Gasteiger partial charge in [0.2, 0.25) is 22.7 Å². The maximum atomic E-state index is 13.0. The molecule has 2 amide bonds. The largest absolute Gasteiger partial charge is 0.427 e. The number of amides is 2. The molecule has 1 fully saturated rings. The molecule has 2 aliphatic rings. The van der Waals surface area contributed by atoms with E-state index in [0.29, 0.717) is 16.9 Å². The number of β-lactam (4-membered cyclic amide) rings is 1. The molecule has 1 unspecified atom stereocenters. The highest BCUT2D eigenvalue weighted by molar-refractivity contribution is 8.00. The molecule has 1 saturated heterocycles. The number of esters is 2. The van der Waals surface area contributed by atoms with E-state index in [9.17, 15) is 27.6 Å². The van der Waals surface area contributed by atoms with Crippen LogP contribution < -0.4 is 15.8 Å². The quantitative estimate of drug-likeness (QED) is 0.222. The number of allylic oxidation sites excluding steroid dienone is 1. The monoisotopic (exact) mass is 566 g/mol. The van der Waals surface area contributed by atoms with Crippen molar-refractivity contribution in [3.05, 3.63) is 53.8 Å². The molecule has 0 aromatic heterocycles. The Balaban J connectivity index is 1.67. The first kappa shape index (κ1) is 29.2. The number of anilines is 1. The molecule has 0 spiro atoms. The Morgan fingerprint density at radius 2 is 1.97 bits per heavy atom. The third-order valence-corrected chi connectivity index (χ3v) is 7.47. The van der Waals surface area contributed by atoms with E-state index in [4.69, 9.17) is 15.2 Å². The van der Waals surface area contributed by atoms with E-state index in [1.807, 2.05) is 0 Å². The average Bonchev–Trinajstić information content (AvgIpc) is 2.83. The molecule has 2 heterocycles. The number of hydrogen-bond acceptors (Lipinski definition) is 10. The van der Waals surface area contributed by atoms with Crippen molar-refractivity contribution in [3.8, 4) is 0 Å². The predicted octanol–water partition coefficient (Wildman–Crippen LogP) is 0.988. The van der Waals surface area contributed by atoms with Crippen molar-refractivity contribution in [2.45, 2.75) is 38.2 Å². The van der Waals surface area contributed by atoms with Gasteiger partial charge in [0, 0.05) is 11.4 Å². The van der Waals surface area contributed by atoms with Gasteiger partial charge in [-0.3, -0.25) is 24.0 Å². The summed E-state index contributed by atoms with van der Waals surface area (Å²) >= 11 is 1.32. The summed E-state index contributed by atoms with van der Waals surface area (Å²) in [4.78, 5) is 51.8. The molecule has 0 saturated carbocycles. The van der Waals surface area contributed by atoms with Crippen LogP contribution in [0.2, 0.25) is 0 Å². The molecule has 0 aliphatic carbocycles. The van der Waals surface area contributed by atoms with Crippen LogP contribution in [0.15, 0.2) is 48.2 Å². The van der Waals surface area contributed by atoms with Gasteiger partial charge in [-0.2, -0.15) is 0 Å². The van der Waals surface area contributed by atoms with Crippen LogP contribution in [-0.4, -0.2) is 67.3 Å². The summed E-state index contributed by atoms with van der Waals surface area (Å²) in [6, 6.07) is 3.89. The van der Waals surface area contributed by atoms with Crippen LogP contribution in [0, 0.1) is 5.41 Å². The normalized spacial score (nSPS) is 20.0. The van der Waals surface area contributed by atoms with Crippen LogP contribution in [-0.2, 0) is 38.7 Å². The van der Waals surface area contributed by atoms with Gasteiger partial charge in [0.15, 0.2) is 0 Å². The molecule has 1 aromatic rings. The van der Waals surface area contributed by atoms with E-state index in [2.05, 4.69) is 16.6 Å². The van der Waals surface area contributed by atoms with Crippen molar-refractivity contribution in [1.29, 1.82) is 0 Å². The highest BCUT2D eigenvalue weighted by atomic mass is 32.2. The summed E-state index contributed by atoms with van der Waals surface area (Å²) in [5, 5.41) is 2.02. The fourth-order valence-electron chi connectivity index (χ4n) is 3.61. The number of nitrogens with one attached hydrogen (secondary N) is 2. The lowest BCUT2D eigenvalue weighted by molar-refractivity contribution is -0.173. The highest BCUT2D eigenvalue weighted by Gasteiger charge is 2.54. The van der Waals surface area contributed by atoms with Gasteiger partial charge >= 0.3 is 11.9 Å². The lowest BCUT2D eigenvalue weighted by atomic mass is 9.98. The minimum atomic E-state index is -3.53. The Hall–Kier alpha value is -3.36. The minimum Gasteiger partial charge on any atom is -0.427 e. The van der Waals surface area contributed by atoms with Gasteiger partial charge in [0.25, 0.3) is 5.91 Å². The van der Waals surface area contributed by atoms with Gasteiger partial charge in [-0.1, -0.05) is 24.8 Å². The molecule has 14 heteroatoms. The number of carbonyl (C=O) groups is 4. The van der Waals surface area contributed by atoms with Gasteiger partial charge < -0.3 is 20.5 Å². The van der Waals surface area contributed by atoms with Gasteiger partial charge in [0.1, 0.15) is 23.2 Å². The lowest BCUT2D eigenvalue weighted by Crippen LogP contribution is -2.71. The molecule has 12 nitrogen and oxygen atoms in total. The van der Waals surface area contributed by atoms with Crippen molar-refractivity contribution in [3.63, 3.8) is 0 Å². The molecule has 3 atom stereocenters. The van der Waals surface area contributed by atoms with Crippen LogP contribution in [0.3, 0.4) is 0 Å². The van der Waals surface area contributed by atoms with E-state index in [1.54, 1.807) is 32.9 Å². The van der Waals surface area contributed by atoms with Gasteiger partial charge in [-0.05, 0) is 44.0 Å². The Labute approximate surface area is 225 Å². The van der Waals surface area contributed by atoms with E-state index < -0.39 is 63.4 Å². The summed E-state index contributed by atoms with van der Waals surface area (Å²) in [7, 11) is -3.53. The number of nitrogens with zero attached hydrogens (tertiary/aromatic N) is 1. The Morgan fingerprint density at radius 1 is 1.29 bits per heavy atom. The smallest absolute Gasteiger partial charge is 0.358 e. The second-order valence-electron chi connectivity index (χ2n) is 9.68. The van der Waals surface area contributed by atoms with Crippen LogP contribution in [0.1, 0.15) is 32.4 Å². The highest BCUT2D eigenvalue weighted by Crippen LogP contribution is 2.41. The van der Waals surface area contributed by atoms with Crippen molar-refractivity contribution in [2.24, 2.45) is 11.1 Å². The molecule has 4 N–H and O–H groups in total. The number of fused-ring (bicyclic) bond motifs is 1. The number of carbonyl (C=O) groups excluding carboxylic acids is 4. The number of nitrogens with two attached hydrogens (primary N) is 1. The minimum absolute atomic E-state index is 0.0325. The Bertz CT molecular complexity index is 1300. The van der Waals surface area contributed by atoms with Crippen molar-refractivity contribution in [2.75, 3.05) is 23.5 Å². The summed E-state index contributed by atoms with van der Waals surface area (Å²) in [6.07, 6.45) is 2.43. The van der Waals surface area contributed by atoms with Gasteiger partial charge in [0.05, 0.1) is 11.7 Å². The molecule has 0 bridgehead atoms. The third-order valence-electron chi connectivity index (χ3n) is 5.56. The van der Waals surface area contributed by atoms with Crippen LogP contribution >= 0.6 is 11.8 Å². The maximum absolute atomic E-state index is 13.0. The summed E-state index contributed by atoms with van der Waals surface area (Å²) in [6.45, 7) is 8.03. The van der Waals surface area contributed by atoms with Crippen LogP contribution in [0.5, 0.6) is 0 Å². The van der Waals surface area contributed by atoms with Crippen molar-refractivity contribution >= 4 is 51.2 Å². The maximum Gasteiger partial charge on any atom is 0.358 e. The molecule has 206 valence electrons. The molecule has 1 aromatic carbocycles. The third kappa shape index (κ3) is 6.55. The molecular weight excluding hydrogens is 536 g/mol. The summed E-state index contributed by atoms with van der Waals surface area (Å²) < 4.78 is 35.4. The zero-order valence-corrected chi connectivity index (χ0v) is 23.0. The van der Waals surface area contributed by atoms with Crippen molar-refractivity contribution < 1.29 is 37.1 Å². The van der Waals surface area contributed by atoms with Gasteiger partial charge in [-0.15, -0.1) is 11.8 Å². The fourth-order valence-corrected chi connectivity index (χ4v) is 5.51. The number of ether oxygens (including phenoxy) is 2. The number of rotatable bonds is 9. The van der Waals surface area contributed by atoms with E-state index in [-0.39, 0.29) is 11.4 Å². The van der Waals surface area contributed by atoms with Crippen molar-refractivity contribution in [1.82, 2.24) is 10.2 Å².